The van der Waals surface area contributed by atoms with E-state index in [1.165, 1.54) is 45.3 Å². The minimum atomic E-state index is 0.350. The summed E-state index contributed by atoms with van der Waals surface area (Å²) >= 11 is 0. The van der Waals surface area contributed by atoms with Crippen LogP contribution < -0.4 is 5.32 Å². The lowest BCUT2D eigenvalue weighted by molar-refractivity contribution is 0.134. The van der Waals surface area contributed by atoms with Crippen LogP contribution in [0.25, 0.3) is 0 Å². The van der Waals surface area contributed by atoms with Crippen LogP contribution in [-0.2, 0) is 0 Å². The van der Waals surface area contributed by atoms with E-state index in [1.54, 1.807) is 0 Å². The van der Waals surface area contributed by atoms with Gasteiger partial charge in [0.1, 0.15) is 0 Å². The number of aliphatic hydroxyl groups excluding tert-OH is 1. The second kappa shape index (κ2) is 6.72. The van der Waals surface area contributed by atoms with E-state index < -0.39 is 0 Å². The SMILES string of the molecule is CCN1CC(CCCO)CC(NCC2CC2)C1. The molecule has 1 aliphatic carbocycles. The summed E-state index contributed by atoms with van der Waals surface area (Å²) in [6.07, 6.45) is 6.34. The Bertz CT molecular complexity index is 218. The highest BCUT2D eigenvalue weighted by Gasteiger charge is 2.28. The van der Waals surface area contributed by atoms with Crippen molar-refractivity contribution in [2.45, 2.75) is 45.1 Å². The van der Waals surface area contributed by atoms with Gasteiger partial charge in [0.2, 0.25) is 0 Å². The number of hydrogen-bond acceptors (Lipinski definition) is 3. The molecule has 2 N–H and O–H groups in total. The second-order valence-corrected chi connectivity index (χ2v) is 5.87. The Labute approximate surface area is 106 Å². The molecular formula is C14H28N2O. The first-order valence-corrected chi connectivity index (χ1v) is 7.38. The predicted octanol–water partition coefficient (Wildman–Crippen LogP) is 1.47. The zero-order valence-corrected chi connectivity index (χ0v) is 11.2. The van der Waals surface area contributed by atoms with Crippen molar-refractivity contribution in [1.82, 2.24) is 10.2 Å². The number of nitrogens with one attached hydrogen (secondary N) is 1. The number of likely N-dealkylation sites (tertiary alicyclic amines) is 1. The maximum atomic E-state index is 8.94. The predicted molar refractivity (Wildman–Crippen MR) is 71.1 cm³/mol. The minimum absolute atomic E-state index is 0.350. The molecule has 2 unspecified atom stereocenters. The van der Waals surface area contributed by atoms with Crippen LogP contribution in [0, 0.1) is 11.8 Å². The van der Waals surface area contributed by atoms with E-state index in [0.717, 1.165) is 24.8 Å². The molecule has 2 fully saturated rings. The van der Waals surface area contributed by atoms with Crippen molar-refractivity contribution in [3.8, 4) is 0 Å². The summed E-state index contributed by atoms with van der Waals surface area (Å²) in [5.41, 5.74) is 0. The zero-order valence-electron chi connectivity index (χ0n) is 11.2. The fourth-order valence-electron chi connectivity index (χ4n) is 2.95. The minimum Gasteiger partial charge on any atom is -0.396 e. The first-order valence-electron chi connectivity index (χ1n) is 7.38. The summed E-state index contributed by atoms with van der Waals surface area (Å²) in [5, 5.41) is 12.7. The van der Waals surface area contributed by atoms with Gasteiger partial charge in [0.15, 0.2) is 0 Å². The quantitative estimate of drug-likeness (QED) is 0.707. The number of likely N-dealkylation sites (N-methyl/N-ethyl adjacent to an activating group) is 1. The number of nitrogens with zero attached hydrogens (tertiary/aromatic N) is 1. The van der Waals surface area contributed by atoms with Crippen molar-refractivity contribution >= 4 is 0 Å². The summed E-state index contributed by atoms with van der Waals surface area (Å²) in [6.45, 7) is 7.46. The van der Waals surface area contributed by atoms with E-state index >= 15 is 0 Å². The van der Waals surface area contributed by atoms with Crippen LogP contribution in [-0.4, -0.2) is 48.8 Å². The van der Waals surface area contributed by atoms with Crippen molar-refractivity contribution in [3.05, 3.63) is 0 Å². The smallest absolute Gasteiger partial charge is 0.0431 e. The van der Waals surface area contributed by atoms with Gasteiger partial charge in [0, 0.05) is 25.7 Å². The largest absolute Gasteiger partial charge is 0.396 e. The molecule has 2 atom stereocenters. The summed E-state index contributed by atoms with van der Waals surface area (Å²) < 4.78 is 0. The van der Waals surface area contributed by atoms with Crippen molar-refractivity contribution < 1.29 is 5.11 Å². The molecule has 0 spiro atoms. The third kappa shape index (κ3) is 4.57. The molecule has 0 aromatic carbocycles. The molecule has 100 valence electrons. The Balaban J connectivity index is 1.74. The van der Waals surface area contributed by atoms with Gasteiger partial charge in [-0.15, -0.1) is 0 Å². The summed E-state index contributed by atoms with van der Waals surface area (Å²) in [5.74, 6) is 1.76. The van der Waals surface area contributed by atoms with Crippen LogP contribution in [0.15, 0.2) is 0 Å². The summed E-state index contributed by atoms with van der Waals surface area (Å²) in [6, 6.07) is 0.688. The van der Waals surface area contributed by atoms with Gasteiger partial charge in [-0.05, 0) is 57.0 Å². The highest BCUT2D eigenvalue weighted by molar-refractivity contribution is 4.85. The molecule has 0 aromatic rings. The lowest BCUT2D eigenvalue weighted by Gasteiger charge is -2.38. The van der Waals surface area contributed by atoms with Gasteiger partial charge in [0.25, 0.3) is 0 Å². The third-order valence-corrected chi connectivity index (χ3v) is 4.22. The maximum Gasteiger partial charge on any atom is 0.0431 e. The van der Waals surface area contributed by atoms with Crippen molar-refractivity contribution in [2.24, 2.45) is 11.8 Å². The molecular weight excluding hydrogens is 212 g/mol. The monoisotopic (exact) mass is 240 g/mol. The number of hydrogen-bond donors (Lipinski definition) is 2. The zero-order chi connectivity index (χ0) is 12.1. The van der Waals surface area contributed by atoms with Crippen molar-refractivity contribution in [3.63, 3.8) is 0 Å². The summed E-state index contributed by atoms with van der Waals surface area (Å²) in [4.78, 5) is 2.57. The van der Waals surface area contributed by atoms with Crippen LogP contribution in [0.3, 0.4) is 0 Å². The first kappa shape index (κ1) is 13.3. The molecule has 3 nitrogen and oxygen atoms in total. The van der Waals surface area contributed by atoms with Crippen molar-refractivity contribution in [2.75, 3.05) is 32.8 Å². The lowest BCUT2D eigenvalue weighted by Crippen LogP contribution is -2.49. The van der Waals surface area contributed by atoms with E-state index in [0.29, 0.717) is 12.6 Å². The van der Waals surface area contributed by atoms with Gasteiger partial charge < -0.3 is 15.3 Å². The second-order valence-electron chi connectivity index (χ2n) is 5.87. The molecule has 1 saturated carbocycles. The van der Waals surface area contributed by atoms with E-state index in [4.69, 9.17) is 5.11 Å². The molecule has 2 rings (SSSR count). The van der Waals surface area contributed by atoms with E-state index in [9.17, 15) is 0 Å². The molecule has 0 bridgehead atoms. The van der Waals surface area contributed by atoms with Crippen LogP contribution in [0.5, 0.6) is 0 Å². The average Bonchev–Trinajstić information content (AvgIpc) is 3.17. The number of rotatable bonds is 7. The molecule has 0 amide bonds. The lowest BCUT2D eigenvalue weighted by atomic mass is 9.90. The molecule has 3 heteroatoms. The van der Waals surface area contributed by atoms with E-state index in [2.05, 4.69) is 17.1 Å². The van der Waals surface area contributed by atoms with Crippen LogP contribution in [0.4, 0.5) is 0 Å². The van der Waals surface area contributed by atoms with Gasteiger partial charge >= 0.3 is 0 Å². The number of piperidine rings is 1. The Morgan fingerprint density at radius 3 is 2.71 bits per heavy atom. The van der Waals surface area contributed by atoms with Crippen molar-refractivity contribution in [1.29, 1.82) is 0 Å². The normalized spacial score (nSPS) is 30.7. The Morgan fingerprint density at radius 1 is 1.24 bits per heavy atom. The van der Waals surface area contributed by atoms with Gasteiger partial charge in [-0.25, -0.2) is 0 Å². The first-order chi connectivity index (χ1) is 8.31. The van der Waals surface area contributed by atoms with Crippen LogP contribution >= 0.6 is 0 Å². The van der Waals surface area contributed by atoms with E-state index in [1.807, 2.05) is 0 Å². The molecule has 17 heavy (non-hydrogen) atoms. The maximum absolute atomic E-state index is 8.94. The average molecular weight is 240 g/mol. The van der Waals surface area contributed by atoms with Gasteiger partial charge in [-0.2, -0.15) is 0 Å². The van der Waals surface area contributed by atoms with Crippen LogP contribution in [0.2, 0.25) is 0 Å². The Kier molecular flexibility index (Phi) is 5.26. The fraction of sp³-hybridized carbons (Fsp3) is 1.00. The van der Waals surface area contributed by atoms with Gasteiger partial charge in [-0.3, -0.25) is 0 Å². The summed E-state index contributed by atoms with van der Waals surface area (Å²) in [7, 11) is 0. The topological polar surface area (TPSA) is 35.5 Å². The van der Waals surface area contributed by atoms with E-state index in [-0.39, 0.29) is 0 Å². The number of aliphatic hydroxyl groups is 1. The Hall–Kier alpha value is -0.120. The van der Waals surface area contributed by atoms with Crippen LogP contribution in [0.1, 0.15) is 39.0 Å². The molecule has 0 aromatic heterocycles. The Morgan fingerprint density at radius 2 is 2.06 bits per heavy atom. The highest BCUT2D eigenvalue weighted by atomic mass is 16.2. The van der Waals surface area contributed by atoms with Gasteiger partial charge in [-0.1, -0.05) is 6.92 Å². The molecule has 1 aliphatic heterocycles. The molecule has 1 heterocycles. The third-order valence-electron chi connectivity index (χ3n) is 4.22. The highest BCUT2D eigenvalue weighted by Crippen LogP contribution is 2.28. The molecule has 2 aliphatic rings. The fourth-order valence-corrected chi connectivity index (χ4v) is 2.95. The standard InChI is InChI=1S/C14H28N2O/c1-2-16-10-13(4-3-7-17)8-14(11-16)15-9-12-5-6-12/h12-15,17H,2-11H2,1H3. The van der Waals surface area contributed by atoms with Gasteiger partial charge in [0.05, 0.1) is 0 Å². The molecule has 1 saturated heterocycles. The molecule has 0 radical (unpaired) electrons.